The zero-order valence-electron chi connectivity index (χ0n) is 10.2. The minimum atomic E-state index is -4.42. The molecule has 2 aromatic rings. The van der Waals surface area contributed by atoms with Crippen LogP contribution in [0.1, 0.15) is 11.3 Å². The van der Waals surface area contributed by atoms with Crippen molar-refractivity contribution < 1.29 is 18.4 Å². The van der Waals surface area contributed by atoms with Crippen molar-refractivity contribution in [2.24, 2.45) is 10.9 Å². The number of aromatic nitrogens is 3. The van der Waals surface area contributed by atoms with Crippen molar-refractivity contribution in [1.82, 2.24) is 15.0 Å². The van der Waals surface area contributed by atoms with Gasteiger partial charge in [0.05, 0.1) is 18.0 Å². The van der Waals surface area contributed by atoms with E-state index in [0.29, 0.717) is 10.1 Å². The number of hydrogen-bond acceptors (Lipinski definition) is 6. The van der Waals surface area contributed by atoms with Crippen molar-refractivity contribution >= 4 is 17.6 Å². The molecule has 21 heavy (non-hydrogen) atoms. The molecule has 2 aromatic heterocycles. The minimum absolute atomic E-state index is 0.183. The maximum absolute atomic E-state index is 12.4. The molecule has 0 amide bonds. The van der Waals surface area contributed by atoms with Gasteiger partial charge in [0.2, 0.25) is 0 Å². The van der Waals surface area contributed by atoms with Crippen LogP contribution in [-0.4, -0.2) is 26.0 Å². The number of alkyl halides is 3. The largest absolute Gasteiger partial charge is 0.417 e. The second-order valence-electron chi connectivity index (χ2n) is 3.71. The summed E-state index contributed by atoms with van der Waals surface area (Å²) < 4.78 is 37.2. The summed E-state index contributed by atoms with van der Waals surface area (Å²) in [5.74, 6) is -0.188. The van der Waals surface area contributed by atoms with E-state index in [4.69, 9.17) is 10.9 Å². The van der Waals surface area contributed by atoms with Crippen LogP contribution in [0, 0.1) is 0 Å². The van der Waals surface area contributed by atoms with Gasteiger partial charge in [-0.3, -0.25) is 0 Å². The number of halogens is 3. The zero-order valence-corrected chi connectivity index (χ0v) is 11.1. The summed E-state index contributed by atoms with van der Waals surface area (Å²) >= 11 is 1.04. The number of pyridine rings is 1. The average Bonchev–Trinajstić information content (AvgIpc) is 2.47. The monoisotopic (exact) mass is 315 g/mol. The standard InChI is InChI=1S/C11H8F3N5OS/c12-11(13,14)6-1-2-8(17-3-6)21-9-5-16-7(4-18-9)10(15)19-20/h1-5,20H,(H2,15,19). The van der Waals surface area contributed by atoms with Crippen molar-refractivity contribution in [3.63, 3.8) is 0 Å². The van der Waals surface area contributed by atoms with Crippen molar-refractivity contribution in [3.8, 4) is 0 Å². The molecule has 0 aliphatic rings. The maximum atomic E-state index is 12.4. The van der Waals surface area contributed by atoms with E-state index in [1.807, 2.05) is 0 Å². The van der Waals surface area contributed by atoms with Gasteiger partial charge in [0, 0.05) is 6.20 Å². The molecule has 0 spiro atoms. The summed E-state index contributed by atoms with van der Waals surface area (Å²) in [6.07, 6.45) is -1.04. The molecular weight excluding hydrogens is 307 g/mol. The van der Waals surface area contributed by atoms with E-state index < -0.39 is 11.7 Å². The molecule has 110 valence electrons. The van der Waals surface area contributed by atoms with Crippen LogP contribution in [0.25, 0.3) is 0 Å². The lowest BCUT2D eigenvalue weighted by Crippen LogP contribution is -2.15. The second kappa shape index (κ2) is 5.95. The predicted molar refractivity (Wildman–Crippen MR) is 67.9 cm³/mol. The van der Waals surface area contributed by atoms with E-state index in [1.165, 1.54) is 18.5 Å². The second-order valence-corrected chi connectivity index (χ2v) is 4.75. The Bertz CT molecular complexity index is 642. The molecule has 10 heteroatoms. The Morgan fingerprint density at radius 2 is 1.81 bits per heavy atom. The fraction of sp³-hybridized carbons (Fsp3) is 0.0909. The Kier molecular flexibility index (Phi) is 4.26. The highest BCUT2D eigenvalue weighted by atomic mass is 32.2. The van der Waals surface area contributed by atoms with Crippen molar-refractivity contribution in [3.05, 3.63) is 42.0 Å². The number of oxime groups is 1. The molecule has 0 aliphatic carbocycles. The van der Waals surface area contributed by atoms with Crippen LogP contribution in [0.3, 0.4) is 0 Å². The van der Waals surface area contributed by atoms with Crippen LogP contribution in [0.4, 0.5) is 13.2 Å². The van der Waals surface area contributed by atoms with Gasteiger partial charge in [0.15, 0.2) is 5.84 Å². The van der Waals surface area contributed by atoms with Gasteiger partial charge in [-0.2, -0.15) is 13.2 Å². The van der Waals surface area contributed by atoms with Gasteiger partial charge < -0.3 is 10.9 Å². The summed E-state index contributed by atoms with van der Waals surface area (Å²) in [7, 11) is 0. The Labute approximate surface area is 120 Å². The van der Waals surface area contributed by atoms with Crippen molar-refractivity contribution in [2.45, 2.75) is 16.2 Å². The molecule has 0 radical (unpaired) electrons. The molecule has 0 aliphatic heterocycles. The summed E-state index contributed by atoms with van der Waals surface area (Å²) in [5, 5.41) is 12.0. The van der Waals surface area contributed by atoms with Gasteiger partial charge in [-0.05, 0) is 23.9 Å². The first-order chi connectivity index (χ1) is 9.90. The zero-order chi connectivity index (χ0) is 15.5. The molecule has 2 heterocycles. The molecule has 0 saturated heterocycles. The minimum Gasteiger partial charge on any atom is -0.409 e. The fourth-order valence-electron chi connectivity index (χ4n) is 1.27. The molecule has 0 aromatic carbocycles. The van der Waals surface area contributed by atoms with E-state index in [-0.39, 0.29) is 11.5 Å². The quantitative estimate of drug-likeness (QED) is 0.390. The Hall–Kier alpha value is -2.36. The lowest BCUT2D eigenvalue weighted by atomic mass is 10.3. The molecule has 0 fully saturated rings. The van der Waals surface area contributed by atoms with Gasteiger partial charge >= 0.3 is 6.18 Å². The first kappa shape index (κ1) is 15.0. The van der Waals surface area contributed by atoms with Crippen LogP contribution >= 0.6 is 11.8 Å². The van der Waals surface area contributed by atoms with Crippen LogP contribution in [0.5, 0.6) is 0 Å². The van der Waals surface area contributed by atoms with Crippen LogP contribution in [0.2, 0.25) is 0 Å². The number of amidine groups is 1. The molecule has 0 bridgehead atoms. The molecular formula is C11H8F3N5OS. The highest BCUT2D eigenvalue weighted by molar-refractivity contribution is 7.99. The van der Waals surface area contributed by atoms with Gasteiger partial charge in [0.1, 0.15) is 15.7 Å². The lowest BCUT2D eigenvalue weighted by Gasteiger charge is -2.06. The molecule has 3 N–H and O–H groups in total. The Morgan fingerprint density at radius 3 is 2.29 bits per heavy atom. The molecule has 6 nitrogen and oxygen atoms in total. The third kappa shape index (κ3) is 3.81. The fourth-order valence-corrected chi connectivity index (χ4v) is 1.93. The number of nitrogens with two attached hydrogens (primary N) is 1. The topological polar surface area (TPSA) is 97.3 Å². The van der Waals surface area contributed by atoms with Crippen LogP contribution < -0.4 is 5.73 Å². The molecule has 0 atom stereocenters. The van der Waals surface area contributed by atoms with Crippen LogP contribution in [0.15, 0.2) is 45.9 Å². The van der Waals surface area contributed by atoms with E-state index in [1.54, 1.807) is 0 Å². The summed E-state index contributed by atoms with van der Waals surface area (Å²) in [4.78, 5) is 11.6. The smallest absolute Gasteiger partial charge is 0.409 e. The molecule has 2 rings (SSSR count). The normalized spacial score (nSPS) is 12.4. The van der Waals surface area contributed by atoms with E-state index in [2.05, 4.69) is 20.1 Å². The predicted octanol–water partition coefficient (Wildman–Crippen LogP) is 2.14. The Balaban J connectivity index is 2.11. The summed E-state index contributed by atoms with van der Waals surface area (Å²) in [6.45, 7) is 0. The Morgan fingerprint density at radius 1 is 1.10 bits per heavy atom. The van der Waals surface area contributed by atoms with Gasteiger partial charge in [-0.1, -0.05) is 5.16 Å². The van der Waals surface area contributed by atoms with Gasteiger partial charge in [-0.15, -0.1) is 0 Å². The number of nitrogens with zero attached hydrogens (tertiary/aromatic N) is 4. The van der Waals surface area contributed by atoms with Crippen molar-refractivity contribution in [1.29, 1.82) is 0 Å². The van der Waals surface area contributed by atoms with Gasteiger partial charge in [0.25, 0.3) is 0 Å². The summed E-state index contributed by atoms with van der Waals surface area (Å²) in [5.41, 5.74) is 4.69. The highest BCUT2D eigenvalue weighted by Gasteiger charge is 2.30. The van der Waals surface area contributed by atoms with E-state index in [0.717, 1.165) is 24.0 Å². The SMILES string of the molecule is NC(=NO)c1cnc(Sc2ccc(C(F)(F)F)cn2)cn1. The number of hydrogen-bond donors (Lipinski definition) is 2. The van der Waals surface area contributed by atoms with E-state index in [9.17, 15) is 13.2 Å². The summed E-state index contributed by atoms with van der Waals surface area (Å²) in [6, 6.07) is 2.18. The first-order valence-electron chi connectivity index (χ1n) is 5.41. The third-order valence-electron chi connectivity index (χ3n) is 2.27. The average molecular weight is 315 g/mol. The third-order valence-corrected chi connectivity index (χ3v) is 3.14. The number of rotatable bonds is 3. The first-order valence-corrected chi connectivity index (χ1v) is 6.23. The van der Waals surface area contributed by atoms with E-state index >= 15 is 0 Å². The van der Waals surface area contributed by atoms with Crippen molar-refractivity contribution in [2.75, 3.05) is 0 Å². The molecule has 0 saturated carbocycles. The lowest BCUT2D eigenvalue weighted by molar-refractivity contribution is -0.137. The maximum Gasteiger partial charge on any atom is 0.417 e. The highest BCUT2D eigenvalue weighted by Crippen LogP contribution is 2.30. The van der Waals surface area contributed by atoms with Crippen LogP contribution in [-0.2, 0) is 6.18 Å². The molecule has 0 unspecified atom stereocenters. The van der Waals surface area contributed by atoms with Gasteiger partial charge in [-0.25, -0.2) is 15.0 Å².